The van der Waals surface area contributed by atoms with E-state index in [1.54, 1.807) is 5.38 Å². The summed E-state index contributed by atoms with van der Waals surface area (Å²) in [5, 5.41) is 2.64. The van der Waals surface area contributed by atoms with Crippen LogP contribution in [-0.4, -0.2) is 19.7 Å². The lowest BCUT2D eigenvalue weighted by atomic mass is 10.5. The van der Waals surface area contributed by atoms with Crippen molar-refractivity contribution in [3.05, 3.63) is 10.4 Å². The first-order valence-electron chi connectivity index (χ1n) is 4.18. The predicted octanol–water partition coefficient (Wildman–Crippen LogP) is 2.14. The van der Waals surface area contributed by atoms with Crippen molar-refractivity contribution >= 4 is 21.2 Å². The molecule has 0 bridgehead atoms. The van der Waals surface area contributed by atoms with Crippen LogP contribution in [0.2, 0.25) is 0 Å². The zero-order valence-electron chi connectivity index (χ0n) is 8.36. The van der Waals surface area contributed by atoms with Gasteiger partial charge >= 0.3 is 0 Å². The van der Waals surface area contributed by atoms with Gasteiger partial charge in [-0.25, -0.2) is 13.4 Å². The molecule has 0 radical (unpaired) electrons. The highest BCUT2D eigenvalue weighted by molar-refractivity contribution is 7.90. The predicted molar refractivity (Wildman–Crippen MR) is 55.9 cm³/mol. The normalized spacial score (nSPS) is 10.5. The molecular weight excluding hydrogens is 206 g/mol. The van der Waals surface area contributed by atoms with Crippen molar-refractivity contribution in [2.75, 3.05) is 6.26 Å². The molecule has 13 heavy (non-hydrogen) atoms. The minimum atomic E-state index is -3.09. The van der Waals surface area contributed by atoms with Crippen LogP contribution in [0.3, 0.4) is 0 Å². The molecule has 0 aliphatic heterocycles. The number of hydrogen-bond donors (Lipinski definition) is 0. The Hall–Kier alpha value is -0.420. The summed E-state index contributed by atoms with van der Waals surface area (Å²) in [6.45, 7) is 5.95. The maximum Gasteiger partial charge on any atom is 0.193 e. The fraction of sp³-hybridized carbons (Fsp3) is 0.625. The molecule has 3 nitrogen and oxygen atoms in total. The van der Waals surface area contributed by atoms with E-state index in [0.717, 1.165) is 11.4 Å². The summed E-state index contributed by atoms with van der Waals surface area (Å²) in [5.41, 5.74) is 0. The average Bonchev–Trinajstić information content (AvgIpc) is 2.54. The highest BCUT2D eigenvalue weighted by atomic mass is 32.2. The number of hydrogen-bond acceptors (Lipinski definition) is 4. The quantitative estimate of drug-likeness (QED) is 0.768. The Bertz CT molecular complexity index is 341. The van der Waals surface area contributed by atoms with Gasteiger partial charge in [0.1, 0.15) is 0 Å². The molecular formula is C8H15NO2S2. The van der Waals surface area contributed by atoms with Gasteiger partial charge in [0.2, 0.25) is 0 Å². The summed E-state index contributed by atoms with van der Waals surface area (Å²) in [5.74, 6) is 0. The molecule has 0 aliphatic rings. The lowest BCUT2D eigenvalue weighted by molar-refractivity contribution is 0.598. The molecule has 0 unspecified atom stereocenters. The lowest BCUT2D eigenvalue weighted by Crippen LogP contribution is -1.97. The Labute approximate surface area is 83.7 Å². The van der Waals surface area contributed by atoms with Gasteiger partial charge in [-0.05, 0) is 6.42 Å². The molecule has 0 N–H and O–H groups in total. The molecule has 0 aliphatic carbocycles. The summed E-state index contributed by atoms with van der Waals surface area (Å²) >= 11 is 1.39. The lowest BCUT2D eigenvalue weighted by Gasteiger charge is -1.87. The van der Waals surface area contributed by atoms with Gasteiger partial charge in [0.25, 0.3) is 0 Å². The maximum atomic E-state index is 10.9. The smallest absolute Gasteiger partial charge is 0.193 e. The SMILES string of the molecule is CC.CCc1nc(S(C)(=O)=O)cs1. The Morgan fingerprint density at radius 3 is 2.23 bits per heavy atom. The maximum absolute atomic E-state index is 10.9. The molecule has 0 saturated heterocycles. The Kier molecular flexibility index (Phi) is 5.17. The van der Waals surface area contributed by atoms with Gasteiger partial charge in [0, 0.05) is 11.6 Å². The van der Waals surface area contributed by atoms with Crippen molar-refractivity contribution < 1.29 is 8.42 Å². The molecule has 0 atom stereocenters. The van der Waals surface area contributed by atoms with Crippen LogP contribution < -0.4 is 0 Å². The second kappa shape index (κ2) is 5.34. The van der Waals surface area contributed by atoms with E-state index in [1.807, 2.05) is 20.8 Å². The summed E-state index contributed by atoms with van der Waals surface area (Å²) in [7, 11) is -3.09. The second-order valence-corrected chi connectivity index (χ2v) is 5.11. The van der Waals surface area contributed by atoms with Crippen molar-refractivity contribution in [3.63, 3.8) is 0 Å². The van der Waals surface area contributed by atoms with Crippen LogP contribution in [0.15, 0.2) is 10.4 Å². The van der Waals surface area contributed by atoms with Crippen LogP contribution in [0, 0.1) is 0 Å². The van der Waals surface area contributed by atoms with Gasteiger partial charge in [-0.1, -0.05) is 20.8 Å². The van der Waals surface area contributed by atoms with Gasteiger partial charge in [0.15, 0.2) is 14.9 Å². The van der Waals surface area contributed by atoms with Gasteiger partial charge in [-0.3, -0.25) is 0 Å². The fourth-order valence-corrected chi connectivity index (χ4v) is 2.41. The summed E-state index contributed by atoms with van der Waals surface area (Å²) in [6, 6.07) is 0. The van der Waals surface area contributed by atoms with E-state index in [1.165, 1.54) is 17.6 Å². The van der Waals surface area contributed by atoms with Gasteiger partial charge in [0.05, 0.1) is 5.01 Å². The van der Waals surface area contributed by atoms with E-state index in [9.17, 15) is 8.42 Å². The van der Waals surface area contributed by atoms with E-state index in [0.29, 0.717) is 0 Å². The van der Waals surface area contributed by atoms with E-state index in [2.05, 4.69) is 4.98 Å². The van der Waals surface area contributed by atoms with Crippen LogP contribution >= 0.6 is 11.3 Å². The molecule has 0 aromatic carbocycles. The molecule has 1 aromatic rings. The number of thiazole rings is 1. The first kappa shape index (κ1) is 12.6. The minimum Gasteiger partial charge on any atom is -0.230 e. The highest BCUT2D eigenvalue weighted by Crippen LogP contribution is 2.14. The van der Waals surface area contributed by atoms with E-state index in [-0.39, 0.29) is 5.03 Å². The number of nitrogens with zero attached hydrogens (tertiary/aromatic N) is 1. The average molecular weight is 221 g/mol. The molecule has 0 fully saturated rings. The molecule has 5 heteroatoms. The van der Waals surface area contributed by atoms with Gasteiger partial charge in [-0.2, -0.15) is 0 Å². The van der Waals surface area contributed by atoms with Crippen molar-refractivity contribution in [2.45, 2.75) is 32.2 Å². The zero-order valence-corrected chi connectivity index (χ0v) is 10.00. The standard InChI is InChI=1S/C6H9NO2S2.C2H6/c1-3-5-7-6(4-10-5)11(2,8)9;1-2/h4H,3H2,1-2H3;1-2H3. The van der Waals surface area contributed by atoms with Crippen LogP contribution in [-0.2, 0) is 16.3 Å². The Morgan fingerprint density at radius 2 is 2.00 bits per heavy atom. The second-order valence-electron chi connectivity index (χ2n) is 2.21. The number of rotatable bonds is 2. The van der Waals surface area contributed by atoms with E-state index >= 15 is 0 Å². The van der Waals surface area contributed by atoms with Crippen LogP contribution in [0.5, 0.6) is 0 Å². The van der Waals surface area contributed by atoms with Gasteiger partial charge in [-0.15, -0.1) is 11.3 Å². The minimum absolute atomic E-state index is 0.194. The number of aromatic nitrogens is 1. The third kappa shape index (κ3) is 3.87. The molecule has 0 spiro atoms. The summed E-state index contributed by atoms with van der Waals surface area (Å²) < 4.78 is 21.8. The molecule has 1 heterocycles. The molecule has 0 amide bonds. The number of sulfone groups is 1. The largest absolute Gasteiger partial charge is 0.230 e. The van der Waals surface area contributed by atoms with Crippen molar-refractivity contribution in [3.8, 4) is 0 Å². The van der Waals surface area contributed by atoms with Crippen LogP contribution in [0.1, 0.15) is 25.8 Å². The van der Waals surface area contributed by atoms with Crippen molar-refractivity contribution in [1.82, 2.24) is 4.98 Å². The van der Waals surface area contributed by atoms with Gasteiger partial charge < -0.3 is 0 Å². The summed E-state index contributed by atoms with van der Waals surface area (Å²) in [4.78, 5) is 3.93. The van der Waals surface area contributed by atoms with Crippen molar-refractivity contribution in [2.24, 2.45) is 0 Å². The third-order valence-corrected chi connectivity index (χ3v) is 3.32. The van der Waals surface area contributed by atoms with Crippen LogP contribution in [0.4, 0.5) is 0 Å². The Balaban J connectivity index is 0.000000671. The zero-order chi connectivity index (χ0) is 10.5. The fourth-order valence-electron chi connectivity index (χ4n) is 0.627. The first-order chi connectivity index (χ1) is 6.04. The monoisotopic (exact) mass is 221 g/mol. The molecule has 1 rings (SSSR count). The highest BCUT2D eigenvalue weighted by Gasteiger charge is 2.10. The van der Waals surface area contributed by atoms with Crippen molar-refractivity contribution in [1.29, 1.82) is 0 Å². The molecule has 76 valence electrons. The third-order valence-electron chi connectivity index (χ3n) is 1.21. The number of aryl methyl sites for hydroxylation is 1. The molecule has 0 saturated carbocycles. The van der Waals surface area contributed by atoms with E-state index in [4.69, 9.17) is 0 Å². The topological polar surface area (TPSA) is 47.0 Å². The van der Waals surface area contributed by atoms with E-state index < -0.39 is 9.84 Å². The Morgan fingerprint density at radius 1 is 1.46 bits per heavy atom. The summed E-state index contributed by atoms with van der Waals surface area (Å²) in [6.07, 6.45) is 1.96. The molecule has 1 aromatic heterocycles. The van der Waals surface area contributed by atoms with Crippen LogP contribution in [0.25, 0.3) is 0 Å². The first-order valence-corrected chi connectivity index (χ1v) is 6.95.